The van der Waals surface area contributed by atoms with Gasteiger partial charge in [0.1, 0.15) is 0 Å². The van der Waals surface area contributed by atoms with E-state index in [1.165, 1.54) is 14.2 Å². The smallest absolute Gasteiger partial charge is 0.303 e. The number of carboxylic acid groups (broad SMARTS) is 1. The number of aliphatic carboxylic acids is 1. The van der Waals surface area contributed by atoms with Gasteiger partial charge < -0.3 is 19.9 Å². The molecule has 1 unspecified atom stereocenters. The first-order valence-corrected chi connectivity index (χ1v) is 8.32. The van der Waals surface area contributed by atoms with Crippen molar-refractivity contribution in [3.8, 4) is 11.5 Å². The number of para-hydroxylation sites is 1. The van der Waals surface area contributed by atoms with E-state index >= 15 is 0 Å². The van der Waals surface area contributed by atoms with Crippen molar-refractivity contribution in [2.45, 2.75) is 25.3 Å². The number of carbonyl (C=O) groups is 2. The Morgan fingerprint density at radius 3 is 2.38 bits per heavy atom. The second kappa shape index (κ2) is 9.46. The summed E-state index contributed by atoms with van der Waals surface area (Å²) in [7, 11) is 2.98. The Morgan fingerprint density at radius 2 is 1.77 bits per heavy atom. The van der Waals surface area contributed by atoms with Crippen LogP contribution in [-0.2, 0) is 11.2 Å². The number of benzene rings is 2. The highest BCUT2D eigenvalue weighted by Crippen LogP contribution is 2.30. The number of methoxy groups -OCH3 is 2. The van der Waals surface area contributed by atoms with Crippen molar-refractivity contribution in [3.05, 3.63) is 59.7 Å². The fraction of sp³-hybridized carbons (Fsp3) is 0.300. The first-order chi connectivity index (χ1) is 12.5. The van der Waals surface area contributed by atoms with Crippen LogP contribution in [0, 0.1) is 0 Å². The fourth-order valence-corrected chi connectivity index (χ4v) is 2.75. The van der Waals surface area contributed by atoms with Crippen molar-refractivity contribution in [3.63, 3.8) is 0 Å². The van der Waals surface area contributed by atoms with Gasteiger partial charge in [0.25, 0.3) is 5.91 Å². The van der Waals surface area contributed by atoms with E-state index in [2.05, 4.69) is 5.32 Å². The number of nitrogens with one attached hydrogen (secondary N) is 1. The van der Waals surface area contributed by atoms with E-state index in [9.17, 15) is 9.59 Å². The van der Waals surface area contributed by atoms with Gasteiger partial charge >= 0.3 is 5.97 Å². The van der Waals surface area contributed by atoms with Gasteiger partial charge in [-0.3, -0.25) is 9.59 Å². The van der Waals surface area contributed by atoms with E-state index in [1.807, 2.05) is 30.3 Å². The summed E-state index contributed by atoms with van der Waals surface area (Å²) in [6.07, 6.45) is 0.863. The first kappa shape index (κ1) is 19.3. The van der Waals surface area contributed by atoms with Gasteiger partial charge in [0, 0.05) is 12.5 Å². The number of hydrogen-bond acceptors (Lipinski definition) is 4. The molecular weight excluding hydrogens is 334 g/mol. The molecule has 2 rings (SSSR count). The Bertz CT molecular complexity index is 745. The van der Waals surface area contributed by atoms with Crippen molar-refractivity contribution in [1.29, 1.82) is 0 Å². The third-order valence-electron chi connectivity index (χ3n) is 4.01. The molecule has 0 aliphatic rings. The van der Waals surface area contributed by atoms with Crippen LogP contribution in [0.5, 0.6) is 11.5 Å². The SMILES string of the molecule is COc1cccc(C(=O)NC(CCC(=O)O)Cc2ccccc2)c1OC. The molecule has 2 N–H and O–H groups in total. The standard InChI is InChI=1S/C20H23NO5/c1-25-17-10-6-9-16(19(17)26-2)20(24)21-15(11-12-18(22)23)13-14-7-4-3-5-8-14/h3-10,15H,11-13H2,1-2H3,(H,21,24)(H,22,23). The number of ether oxygens (including phenoxy) is 2. The van der Waals surface area contributed by atoms with Crippen molar-refractivity contribution < 1.29 is 24.2 Å². The molecule has 0 radical (unpaired) electrons. The summed E-state index contributed by atoms with van der Waals surface area (Å²) in [6.45, 7) is 0. The number of rotatable bonds is 9. The second-order valence-electron chi connectivity index (χ2n) is 5.83. The topological polar surface area (TPSA) is 84.9 Å². The number of hydrogen-bond donors (Lipinski definition) is 2. The molecule has 2 aromatic carbocycles. The molecule has 0 heterocycles. The Balaban J connectivity index is 2.18. The highest BCUT2D eigenvalue weighted by molar-refractivity contribution is 5.98. The lowest BCUT2D eigenvalue weighted by atomic mass is 10.0. The summed E-state index contributed by atoms with van der Waals surface area (Å²) in [5.74, 6) is -0.405. The van der Waals surface area contributed by atoms with Crippen molar-refractivity contribution in [2.75, 3.05) is 14.2 Å². The third kappa shape index (κ3) is 5.24. The van der Waals surface area contributed by atoms with Gasteiger partial charge in [0.2, 0.25) is 0 Å². The molecule has 0 aliphatic carbocycles. The van der Waals surface area contributed by atoms with E-state index in [-0.39, 0.29) is 18.4 Å². The summed E-state index contributed by atoms with van der Waals surface area (Å²) >= 11 is 0. The molecule has 0 bridgehead atoms. The molecule has 2 aromatic rings. The summed E-state index contributed by atoms with van der Waals surface area (Å²) in [6, 6.07) is 14.4. The van der Waals surface area contributed by atoms with Gasteiger partial charge in [-0.25, -0.2) is 0 Å². The fourth-order valence-electron chi connectivity index (χ4n) is 2.75. The Labute approximate surface area is 152 Å². The van der Waals surface area contributed by atoms with Crippen LogP contribution in [-0.4, -0.2) is 37.2 Å². The highest BCUT2D eigenvalue weighted by Gasteiger charge is 2.20. The lowest BCUT2D eigenvalue weighted by Crippen LogP contribution is -2.37. The highest BCUT2D eigenvalue weighted by atomic mass is 16.5. The molecular formula is C20H23NO5. The Kier molecular flexibility index (Phi) is 7.02. The van der Waals surface area contributed by atoms with Crippen LogP contribution in [0.15, 0.2) is 48.5 Å². The minimum atomic E-state index is -0.892. The molecule has 0 saturated carbocycles. The number of amides is 1. The minimum absolute atomic E-state index is 0.0208. The first-order valence-electron chi connectivity index (χ1n) is 8.32. The maximum Gasteiger partial charge on any atom is 0.303 e. The summed E-state index contributed by atoms with van der Waals surface area (Å²) in [4.78, 5) is 23.7. The maximum absolute atomic E-state index is 12.7. The van der Waals surface area contributed by atoms with Crippen LogP contribution in [0.25, 0.3) is 0 Å². The van der Waals surface area contributed by atoms with Gasteiger partial charge in [0.05, 0.1) is 19.8 Å². The zero-order valence-corrected chi connectivity index (χ0v) is 14.9. The van der Waals surface area contributed by atoms with Crippen LogP contribution in [0.1, 0.15) is 28.8 Å². The van der Waals surface area contributed by atoms with Gasteiger partial charge in [0.15, 0.2) is 11.5 Å². The minimum Gasteiger partial charge on any atom is -0.493 e. The van der Waals surface area contributed by atoms with E-state index < -0.39 is 5.97 Å². The quantitative estimate of drug-likeness (QED) is 0.721. The van der Waals surface area contributed by atoms with Crippen LogP contribution in [0.4, 0.5) is 0 Å². The largest absolute Gasteiger partial charge is 0.493 e. The van der Waals surface area contributed by atoms with Crippen molar-refractivity contribution >= 4 is 11.9 Å². The van der Waals surface area contributed by atoms with Crippen LogP contribution in [0.2, 0.25) is 0 Å². The molecule has 0 aromatic heterocycles. The van der Waals surface area contributed by atoms with Gasteiger partial charge in [-0.15, -0.1) is 0 Å². The second-order valence-corrected chi connectivity index (χ2v) is 5.83. The molecule has 1 atom stereocenters. The van der Waals surface area contributed by atoms with E-state index in [1.54, 1.807) is 18.2 Å². The van der Waals surface area contributed by atoms with Crippen molar-refractivity contribution in [1.82, 2.24) is 5.32 Å². The normalized spacial score (nSPS) is 11.5. The van der Waals surface area contributed by atoms with Crippen molar-refractivity contribution in [2.24, 2.45) is 0 Å². The zero-order valence-electron chi connectivity index (χ0n) is 14.9. The lowest BCUT2D eigenvalue weighted by molar-refractivity contribution is -0.137. The van der Waals surface area contributed by atoms with Crippen LogP contribution < -0.4 is 14.8 Å². The molecule has 0 spiro atoms. The average Bonchev–Trinajstić information content (AvgIpc) is 2.66. The maximum atomic E-state index is 12.7. The molecule has 1 amide bonds. The number of carboxylic acids is 1. The molecule has 0 saturated heterocycles. The van der Waals surface area contributed by atoms with E-state index in [4.69, 9.17) is 14.6 Å². The molecule has 0 fully saturated rings. The monoisotopic (exact) mass is 357 g/mol. The molecule has 138 valence electrons. The lowest BCUT2D eigenvalue weighted by Gasteiger charge is -2.20. The Hall–Kier alpha value is -3.02. The summed E-state index contributed by atoms with van der Waals surface area (Å²) in [5, 5.41) is 11.9. The molecule has 6 heteroatoms. The molecule has 26 heavy (non-hydrogen) atoms. The van der Waals surface area contributed by atoms with E-state index in [0.717, 1.165) is 5.56 Å². The number of carbonyl (C=O) groups excluding carboxylic acids is 1. The molecule has 6 nitrogen and oxygen atoms in total. The van der Waals surface area contributed by atoms with Gasteiger partial charge in [-0.05, 0) is 30.5 Å². The Morgan fingerprint density at radius 1 is 1.04 bits per heavy atom. The third-order valence-corrected chi connectivity index (χ3v) is 4.01. The summed E-state index contributed by atoms with van der Waals surface area (Å²) < 4.78 is 10.5. The van der Waals surface area contributed by atoms with E-state index in [0.29, 0.717) is 29.9 Å². The van der Waals surface area contributed by atoms with Gasteiger partial charge in [-0.2, -0.15) is 0 Å². The van der Waals surface area contributed by atoms with Crippen LogP contribution in [0.3, 0.4) is 0 Å². The average molecular weight is 357 g/mol. The van der Waals surface area contributed by atoms with Gasteiger partial charge in [-0.1, -0.05) is 36.4 Å². The predicted molar refractivity (Wildman–Crippen MR) is 97.8 cm³/mol. The van der Waals surface area contributed by atoms with Crippen LogP contribution >= 0.6 is 0 Å². The zero-order chi connectivity index (χ0) is 18.9. The molecule has 0 aliphatic heterocycles. The predicted octanol–water partition coefficient (Wildman–Crippen LogP) is 2.91. The summed E-state index contributed by atoms with van der Waals surface area (Å²) in [5.41, 5.74) is 1.38.